The number of fused-ring (bicyclic) bond motifs is 13. The molecular weight excluding hydrogens is 622 g/mol. The topological polar surface area (TPSA) is 101 Å². The molecule has 9 rings (SSSR count). The van der Waals surface area contributed by atoms with Crippen LogP contribution in [0.2, 0.25) is 0 Å². The molecule has 1 saturated carbocycles. The number of imidazole rings is 1. The number of ether oxygens (including phenoxy) is 1. The number of pyridine rings is 1. The lowest BCUT2D eigenvalue weighted by molar-refractivity contribution is 0.0700. The van der Waals surface area contributed by atoms with E-state index in [1.807, 2.05) is 41.4 Å². The van der Waals surface area contributed by atoms with Gasteiger partial charge in [0.2, 0.25) is 0 Å². The first-order chi connectivity index (χ1) is 24.5. The molecule has 2 fully saturated rings. The molecule has 1 saturated heterocycles. The molecule has 248 valence electrons. The minimum absolute atomic E-state index is 0.0242. The van der Waals surface area contributed by atoms with Crippen molar-refractivity contribution in [1.29, 1.82) is 5.26 Å². The van der Waals surface area contributed by atoms with Crippen LogP contribution in [-0.2, 0) is 19.5 Å². The van der Waals surface area contributed by atoms with Crippen LogP contribution in [0.5, 0.6) is 5.75 Å². The lowest BCUT2D eigenvalue weighted by Gasteiger charge is -2.27. The molecule has 4 bridgehead atoms. The zero-order valence-corrected chi connectivity index (χ0v) is 28.0. The third kappa shape index (κ3) is 4.81. The van der Waals surface area contributed by atoms with Gasteiger partial charge in [-0.2, -0.15) is 5.26 Å². The zero-order chi connectivity index (χ0) is 33.9. The quantitative estimate of drug-likeness (QED) is 0.186. The van der Waals surface area contributed by atoms with Gasteiger partial charge in [-0.1, -0.05) is 24.3 Å². The maximum atomic E-state index is 14.1. The monoisotopic (exact) mass is 659 g/mol. The lowest BCUT2D eigenvalue weighted by atomic mass is 9.93. The Morgan fingerprint density at radius 3 is 2.78 bits per heavy atom. The Morgan fingerprint density at radius 2 is 1.94 bits per heavy atom. The standard InChI is InChI=1S/C41H37N7O2/c1-43-37-29-12-13-34(37)47(24-29)41(49)31-19-33-38(36(21-31)50-2)48-23-26-16-25(22-42)17-30(18-26)32-11-4-3-8-27(32)9-5-6-15-46-35(40(48)45-33)20-28-10-7-14-44-39(28)46/h3-4,7-8,10-11,14,16-21,29,34,37H,1,5-6,9,12-13,15,23-24H2,2H3. The molecule has 0 spiro atoms. The Morgan fingerprint density at radius 1 is 1.04 bits per heavy atom. The summed E-state index contributed by atoms with van der Waals surface area (Å²) in [6.07, 6.45) is 6.74. The number of carbonyl (C=O) groups excluding carboxylic acids is 1. The van der Waals surface area contributed by atoms with E-state index < -0.39 is 0 Å². The van der Waals surface area contributed by atoms with Gasteiger partial charge in [0, 0.05) is 42.7 Å². The summed E-state index contributed by atoms with van der Waals surface area (Å²) in [5.74, 6) is 1.68. The predicted molar refractivity (Wildman–Crippen MR) is 195 cm³/mol. The summed E-state index contributed by atoms with van der Waals surface area (Å²) in [5.41, 5.74) is 8.95. The summed E-state index contributed by atoms with van der Waals surface area (Å²) in [6, 6.07) is 27.2. The van der Waals surface area contributed by atoms with Gasteiger partial charge in [0.25, 0.3) is 5.91 Å². The van der Waals surface area contributed by atoms with Crippen LogP contribution in [0.1, 0.15) is 52.7 Å². The van der Waals surface area contributed by atoms with Crippen molar-refractivity contribution in [2.24, 2.45) is 10.9 Å². The van der Waals surface area contributed by atoms with Crippen molar-refractivity contribution in [3.8, 4) is 34.5 Å². The van der Waals surface area contributed by atoms with Gasteiger partial charge in [0.05, 0.1) is 42.0 Å². The molecule has 3 aliphatic rings. The molecule has 1 aliphatic carbocycles. The van der Waals surface area contributed by atoms with Crippen molar-refractivity contribution < 1.29 is 9.53 Å². The van der Waals surface area contributed by atoms with Gasteiger partial charge >= 0.3 is 0 Å². The van der Waals surface area contributed by atoms with Crippen molar-refractivity contribution in [2.45, 2.75) is 57.3 Å². The van der Waals surface area contributed by atoms with Crippen LogP contribution in [0.4, 0.5) is 0 Å². The predicted octanol–water partition coefficient (Wildman–Crippen LogP) is 7.29. The summed E-state index contributed by atoms with van der Waals surface area (Å²) in [4.78, 5) is 30.6. The van der Waals surface area contributed by atoms with E-state index in [1.54, 1.807) is 7.11 Å². The number of rotatable bonds is 3. The van der Waals surface area contributed by atoms with Crippen molar-refractivity contribution in [1.82, 2.24) is 24.0 Å². The summed E-state index contributed by atoms with van der Waals surface area (Å²) in [7, 11) is 1.65. The van der Waals surface area contributed by atoms with E-state index in [1.165, 1.54) is 5.56 Å². The second-order valence-corrected chi connectivity index (χ2v) is 13.8. The van der Waals surface area contributed by atoms with Crippen LogP contribution in [0, 0.1) is 17.2 Å². The van der Waals surface area contributed by atoms with E-state index >= 15 is 0 Å². The highest BCUT2D eigenvalue weighted by Gasteiger charge is 2.48. The van der Waals surface area contributed by atoms with Crippen molar-refractivity contribution in [3.63, 3.8) is 0 Å². The first-order valence-corrected chi connectivity index (χ1v) is 17.5. The Bertz CT molecular complexity index is 2380. The smallest absolute Gasteiger partial charge is 0.254 e. The van der Waals surface area contributed by atoms with E-state index in [-0.39, 0.29) is 18.0 Å². The molecule has 3 atom stereocenters. The summed E-state index contributed by atoms with van der Waals surface area (Å²) >= 11 is 0. The number of nitrogens with zero attached hydrogens (tertiary/aromatic N) is 7. The Hall–Kier alpha value is -5.75. The lowest BCUT2D eigenvalue weighted by Crippen LogP contribution is -2.39. The number of likely N-dealkylation sites (tertiary alicyclic amines) is 1. The second kappa shape index (κ2) is 12.0. The molecule has 50 heavy (non-hydrogen) atoms. The second-order valence-electron chi connectivity index (χ2n) is 13.8. The number of nitriles is 1. The highest BCUT2D eigenvalue weighted by Crippen LogP contribution is 2.42. The van der Waals surface area contributed by atoms with Crippen LogP contribution in [0.15, 0.2) is 84.0 Å². The average Bonchev–Trinajstić information content (AvgIpc) is 3.92. The number of aryl methyl sites for hydroxylation is 2. The molecule has 9 nitrogen and oxygen atoms in total. The normalized spacial score (nSPS) is 19.8. The molecule has 0 radical (unpaired) electrons. The molecule has 5 heterocycles. The highest BCUT2D eigenvalue weighted by molar-refractivity contribution is 6.00. The molecule has 3 unspecified atom stereocenters. The van der Waals surface area contributed by atoms with Crippen LogP contribution < -0.4 is 4.74 Å². The van der Waals surface area contributed by atoms with Crippen LogP contribution >= 0.6 is 0 Å². The molecule has 9 heteroatoms. The van der Waals surface area contributed by atoms with Gasteiger partial charge in [0.15, 0.2) is 5.82 Å². The number of amides is 1. The van der Waals surface area contributed by atoms with Crippen molar-refractivity contribution >= 4 is 34.7 Å². The number of benzene rings is 3. The van der Waals surface area contributed by atoms with Gasteiger partial charge < -0.3 is 18.8 Å². The van der Waals surface area contributed by atoms with E-state index in [2.05, 4.69) is 69.4 Å². The molecule has 3 aromatic heterocycles. The van der Waals surface area contributed by atoms with Crippen molar-refractivity contribution in [2.75, 3.05) is 13.7 Å². The fraction of sp³-hybridized carbons (Fsp3) is 0.293. The first-order valence-electron chi connectivity index (χ1n) is 17.5. The molecule has 6 aromatic rings. The number of methoxy groups -OCH3 is 1. The minimum atomic E-state index is -0.0242. The first kappa shape index (κ1) is 30.3. The molecule has 1 amide bonds. The summed E-state index contributed by atoms with van der Waals surface area (Å²) in [5, 5.41) is 11.2. The van der Waals surface area contributed by atoms with Crippen LogP contribution in [0.25, 0.3) is 44.7 Å². The fourth-order valence-corrected chi connectivity index (χ4v) is 8.79. The molecule has 2 aliphatic heterocycles. The van der Waals surface area contributed by atoms with Gasteiger partial charge in [-0.3, -0.25) is 9.79 Å². The number of carbonyl (C=O) groups is 1. The Kier molecular flexibility index (Phi) is 7.27. The van der Waals surface area contributed by atoms with Gasteiger partial charge in [-0.25, -0.2) is 9.97 Å². The largest absolute Gasteiger partial charge is 0.494 e. The Balaban J connectivity index is 1.26. The highest BCUT2D eigenvalue weighted by atomic mass is 16.5. The number of hydrogen-bond donors (Lipinski definition) is 0. The van der Waals surface area contributed by atoms with Crippen molar-refractivity contribution in [3.05, 3.63) is 101 Å². The maximum Gasteiger partial charge on any atom is 0.254 e. The fourth-order valence-electron chi connectivity index (χ4n) is 8.79. The van der Waals surface area contributed by atoms with E-state index in [9.17, 15) is 10.1 Å². The number of aliphatic imine (C=N–C) groups is 1. The summed E-state index contributed by atoms with van der Waals surface area (Å²) < 4.78 is 10.5. The van der Waals surface area contributed by atoms with E-state index in [0.29, 0.717) is 41.4 Å². The van der Waals surface area contributed by atoms with Gasteiger partial charge in [-0.15, -0.1) is 0 Å². The van der Waals surface area contributed by atoms with Crippen LogP contribution in [-0.4, -0.2) is 62.4 Å². The van der Waals surface area contributed by atoms with Gasteiger partial charge in [-0.05, 0) is 110 Å². The van der Waals surface area contributed by atoms with Gasteiger partial charge in [0.1, 0.15) is 16.9 Å². The van der Waals surface area contributed by atoms with Crippen LogP contribution in [0.3, 0.4) is 0 Å². The molecular formula is C41H37N7O2. The number of aromatic nitrogens is 4. The minimum Gasteiger partial charge on any atom is -0.494 e. The molecule has 3 aromatic carbocycles. The number of piperidine rings is 1. The van der Waals surface area contributed by atoms with E-state index in [0.717, 1.165) is 83.4 Å². The average molecular weight is 660 g/mol. The summed E-state index contributed by atoms with van der Waals surface area (Å²) in [6.45, 7) is 5.74. The Labute approximate surface area is 290 Å². The SMILES string of the molecule is C=NC1C2CCC1N(C(=O)c1cc(OC)c3c(c1)nc1n3Cc3cc(C#N)cc(c3)-c3ccccc3CCCCn3c-1cc1cccnc13)C2. The third-order valence-electron chi connectivity index (χ3n) is 11.0. The van der Waals surface area contributed by atoms with E-state index in [4.69, 9.17) is 14.7 Å². The number of hydrogen-bond acceptors (Lipinski definition) is 6. The maximum absolute atomic E-state index is 14.1. The zero-order valence-electron chi connectivity index (χ0n) is 28.0. The molecule has 0 N–H and O–H groups in total. The third-order valence-corrected chi connectivity index (χ3v) is 11.0.